The minimum atomic E-state index is -1.01. The first-order valence-corrected chi connectivity index (χ1v) is 7.26. The van der Waals surface area contributed by atoms with E-state index in [0.29, 0.717) is 21.3 Å². The number of nitrogens with one attached hydrogen (secondary N) is 1. The fourth-order valence-electron chi connectivity index (χ4n) is 2.34. The van der Waals surface area contributed by atoms with Gasteiger partial charge in [-0.25, -0.2) is 9.69 Å². The van der Waals surface area contributed by atoms with Crippen LogP contribution >= 0.6 is 0 Å². The van der Waals surface area contributed by atoms with Gasteiger partial charge >= 0.3 is 17.8 Å². The van der Waals surface area contributed by atoms with Crippen molar-refractivity contribution in [1.82, 2.24) is 15.1 Å². The van der Waals surface area contributed by atoms with Crippen molar-refractivity contribution in [3.05, 3.63) is 24.3 Å². The van der Waals surface area contributed by atoms with Gasteiger partial charge < -0.3 is 14.8 Å². The molecule has 1 saturated heterocycles. The van der Waals surface area contributed by atoms with E-state index in [0.717, 1.165) is 0 Å². The molecule has 126 valence electrons. The highest BCUT2D eigenvalue weighted by Gasteiger charge is 2.43. The van der Waals surface area contributed by atoms with Gasteiger partial charge in [0, 0.05) is 7.05 Å². The average molecular weight is 333 g/mol. The van der Waals surface area contributed by atoms with Crippen LogP contribution < -0.4 is 14.8 Å². The van der Waals surface area contributed by atoms with E-state index >= 15 is 0 Å². The summed E-state index contributed by atoms with van der Waals surface area (Å²) >= 11 is 0. The smallest absolute Gasteiger partial charge is 0.334 e. The normalized spacial score (nSPS) is 19.7. The number of urea groups is 1. The number of hydrogen-bond acceptors (Lipinski definition) is 6. The number of rotatable bonds is 4. The fraction of sp³-hybridized carbons (Fsp3) is 0.333. The standard InChI is InChI=1S/C15H15N3O6/c1-17-13(20)14(21)18(15(17)22)7-12(19)16-6-9-8-23-10-4-2-3-5-11(10)24-9/h2-5,9H,6-8H2,1H3,(H,16,19)/t9-/m1/s1. The Balaban J connectivity index is 1.51. The van der Waals surface area contributed by atoms with Crippen LogP contribution in [0, 0.1) is 0 Å². The number of para-hydroxylation sites is 2. The van der Waals surface area contributed by atoms with Gasteiger partial charge in [-0.1, -0.05) is 12.1 Å². The van der Waals surface area contributed by atoms with Crippen LogP contribution in [0.1, 0.15) is 0 Å². The Morgan fingerprint density at radius 3 is 2.58 bits per heavy atom. The van der Waals surface area contributed by atoms with Gasteiger partial charge in [0.1, 0.15) is 19.3 Å². The summed E-state index contributed by atoms with van der Waals surface area (Å²) in [6, 6.07) is 6.36. The number of amides is 5. The Bertz CT molecular complexity index is 719. The zero-order chi connectivity index (χ0) is 17.3. The van der Waals surface area contributed by atoms with Crippen LogP contribution in [0.3, 0.4) is 0 Å². The van der Waals surface area contributed by atoms with Crippen molar-refractivity contribution in [3.63, 3.8) is 0 Å². The Morgan fingerprint density at radius 1 is 1.21 bits per heavy atom. The number of ether oxygens (including phenoxy) is 2. The number of carbonyl (C=O) groups excluding carboxylic acids is 4. The third-order valence-corrected chi connectivity index (χ3v) is 3.65. The lowest BCUT2D eigenvalue weighted by Gasteiger charge is -2.26. The van der Waals surface area contributed by atoms with E-state index in [2.05, 4.69) is 5.32 Å². The van der Waals surface area contributed by atoms with Crippen LogP contribution in [0.2, 0.25) is 0 Å². The van der Waals surface area contributed by atoms with Gasteiger partial charge in [-0.15, -0.1) is 0 Å². The number of benzene rings is 1. The third-order valence-electron chi connectivity index (χ3n) is 3.65. The minimum Gasteiger partial charge on any atom is -0.486 e. The molecule has 2 aliphatic rings. The maximum absolute atomic E-state index is 11.9. The predicted octanol–water partition coefficient (Wildman–Crippen LogP) is -0.637. The Morgan fingerprint density at radius 2 is 1.92 bits per heavy atom. The number of carbonyl (C=O) groups is 4. The molecule has 9 heteroatoms. The van der Waals surface area contributed by atoms with E-state index in [-0.39, 0.29) is 13.2 Å². The molecular formula is C15H15N3O6. The number of nitrogens with zero attached hydrogens (tertiary/aromatic N) is 2. The number of hydrogen-bond donors (Lipinski definition) is 1. The molecular weight excluding hydrogens is 318 g/mol. The maximum Gasteiger partial charge on any atom is 0.334 e. The molecule has 0 aromatic heterocycles. The van der Waals surface area contributed by atoms with Gasteiger partial charge in [0.05, 0.1) is 6.54 Å². The van der Waals surface area contributed by atoms with Crippen molar-refractivity contribution in [2.75, 3.05) is 26.7 Å². The van der Waals surface area contributed by atoms with Gasteiger partial charge in [0.25, 0.3) is 0 Å². The van der Waals surface area contributed by atoms with Crippen LogP contribution in [0.25, 0.3) is 0 Å². The second-order valence-electron chi connectivity index (χ2n) is 5.34. The van der Waals surface area contributed by atoms with Crippen LogP contribution in [0.4, 0.5) is 4.79 Å². The Kier molecular flexibility index (Phi) is 4.07. The molecule has 0 saturated carbocycles. The van der Waals surface area contributed by atoms with Gasteiger partial charge in [-0.05, 0) is 12.1 Å². The number of likely N-dealkylation sites (N-methyl/N-ethyl adjacent to an activating group) is 1. The Hall–Kier alpha value is -3.10. The number of fused-ring (bicyclic) bond motifs is 1. The van der Waals surface area contributed by atoms with E-state index in [1.54, 1.807) is 18.2 Å². The molecule has 0 spiro atoms. The molecule has 0 radical (unpaired) electrons. The predicted molar refractivity (Wildman–Crippen MR) is 79.2 cm³/mol. The van der Waals surface area contributed by atoms with Crippen LogP contribution in [0.5, 0.6) is 11.5 Å². The van der Waals surface area contributed by atoms with E-state index in [1.807, 2.05) is 6.07 Å². The SMILES string of the molecule is CN1C(=O)C(=O)N(CC(=O)NC[C@@H]2COc3ccccc3O2)C1=O. The highest BCUT2D eigenvalue weighted by molar-refractivity contribution is 6.44. The molecule has 5 amide bonds. The summed E-state index contributed by atoms with van der Waals surface area (Å²) in [4.78, 5) is 47.8. The molecule has 24 heavy (non-hydrogen) atoms. The van der Waals surface area contributed by atoms with Gasteiger partial charge in [-0.3, -0.25) is 19.3 Å². The first-order valence-electron chi connectivity index (χ1n) is 7.26. The first-order chi connectivity index (χ1) is 11.5. The van der Waals surface area contributed by atoms with Crippen molar-refractivity contribution >= 4 is 23.8 Å². The van der Waals surface area contributed by atoms with Crippen molar-refractivity contribution in [3.8, 4) is 11.5 Å². The lowest BCUT2D eigenvalue weighted by atomic mass is 10.2. The van der Waals surface area contributed by atoms with Crippen molar-refractivity contribution in [1.29, 1.82) is 0 Å². The molecule has 1 aromatic carbocycles. The summed E-state index contributed by atoms with van der Waals surface area (Å²) in [5.74, 6) is -1.31. The molecule has 1 N–H and O–H groups in total. The molecule has 0 bridgehead atoms. The Labute approximate surface area is 137 Å². The van der Waals surface area contributed by atoms with E-state index in [1.165, 1.54) is 7.05 Å². The monoisotopic (exact) mass is 333 g/mol. The second-order valence-corrected chi connectivity index (χ2v) is 5.34. The lowest BCUT2D eigenvalue weighted by molar-refractivity contribution is -0.143. The van der Waals surface area contributed by atoms with Gasteiger partial charge in [0.15, 0.2) is 11.5 Å². The van der Waals surface area contributed by atoms with Crippen molar-refractivity contribution < 1.29 is 28.7 Å². The molecule has 2 heterocycles. The van der Waals surface area contributed by atoms with Gasteiger partial charge in [0.2, 0.25) is 5.91 Å². The molecule has 1 aromatic rings. The van der Waals surface area contributed by atoms with Crippen LogP contribution in [-0.2, 0) is 14.4 Å². The van der Waals surface area contributed by atoms with Crippen LogP contribution in [-0.4, -0.2) is 66.4 Å². The van der Waals surface area contributed by atoms with E-state index in [4.69, 9.17) is 9.47 Å². The highest BCUT2D eigenvalue weighted by Crippen LogP contribution is 2.30. The van der Waals surface area contributed by atoms with Crippen molar-refractivity contribution in [2.24, 2.45) is 0 Å². The average Bonchev–Trinajstić information content (AvgIpc) is 2.77. The molecule has 1 fully saturated rings. The molecule has 2 aliphatic heterocycles. The largest absolute Gasteiger partial charge is 0.486 e. The van der Waals surface area contributed by atoms with E-state index < -0.39 is 36.4 Å². The summed E-state index contributed by atoms with van der Waals surface area (Å²) in [6.07, 6.45) is -0.391. The lowest BCUT2D eigenvalue weighted by Crippen LogP contribution is -2.45. The summed E-state index contributed by atoms with van der Waals surface area (Å²) in [5.41, 5.74) is 0. The highest BCUT2D eigenvalue weighted by atomic mass is 16.6. The quantitative estimate of drug-likeness (QED) is 0.581. The summed E-state index contributed by atoms with van der Waals surface area (Å²) < 4.78 is 11.2. The minimum absolute atomic E-state index is 0.146. The molecule has 0 unspecified atom stereocenters. The molecule has 0 aliphatic carbocycles. The first kappa shape index (κ1) is 15.8. The fourth-order valence-corrected chi connectivity index (χ4v) is 2.34. The molecule has 1 atom stereocenters. The van der Waals surface area contributed by atoms with Crippen LogP contribution in [0.15, 0.2) is 24.3 Å². The zero-order valence-electron chi connectivity index (χ0n) is 12.9. The second kappa shape index (κ2) is 6.19. The number of imide groups is 2. The summed E-state index contributed by atoms with van der Waals surface area (Å²) in [6.45, 7) is -0.106. The zero-order valence-corrected chi connectivity index (χ0v) is 12.9. The molecule has 3 rings (SSSR count). The topological polar surface area (TPSA) is 105 Å². The third kappa shape index (κ3) is 2.87. The summed E-state index contributed by atoms with van der Waals surface area (Å²) in [5, 5.41) is 2.56. The van der Waals surface area contributed by atoms with Crippen molar-refractivity contribution in [2.45, 2.75) is 6.10 Å². The summed E-state index contributed by atoms with van der Waals surface area (Å²) in [7, 11) is 1.19. The van der Waals surface area contributed by atoms with Gasteiger partial charge in [-0.2, -0.15) is 0 Å². The molecule has 9 nitrogen and oxygen atoms in total. The maximum atomic E-state index is 11.9. The van der Waals surface area contributed by atoms with E-state index in [9.17, 15) is 19.2 Å².